The maximum absolute atomic E-state index is 10.9. The summed E-state index contributed by atoms with van der Waals surface area (Å²) in [7, 11) is 1.60. The van der Waals surface area contributed by atoms with Gasteiger partial charge in [-0.3, -0.25) is 0 Å². The van der Waals surface area contributed by atoms with E-state index in [1.807, 2.05) is 0 Å². The van der Waals surface area contributed by atoms with Gasteiger partial charge in [-0.15, -0.1) is 0 Å². The topological polar surface area (TPSA) is 64.7 Å². The van der Waals surface area contributed by atoms with Gasteiger partial charge >= 0.3 is 0 Å². The zero-order valence-electron chi connectivity index (χ0n) is 12.8. The van der Waals surface area contributed by atoms with E-state index in [4.69, 9.17) is 38.4 Å². The van der Waals surface area contributed by atoms with Crippen LogP contribution in [0.1, 0.15) is 12.0 Å². The van der Waals surface area contributed by atoms with E-state index >= 15 is 0 Å². The molecule has 2 aromatic carbocycles. The minimum Gasteiger partial charge on any atom is -0.497 e. The van der Waals surface area contributed by atoms with Crippen molar-refractivity contribution in [3.63, 3.8) is 0 Å². The van der Waals surface area contributed by atoms with Gasteiger partial charge in [-0.25, -0.2) is 0 Å². The number of hydrogen-bond acceptors (Lipinski definition) is 4. The fourth-order valence-corrected chi connectivity index (χ4v) is 2.50. The van der Waals surface area contributed by atoms with Crippen LogP contribution in [0.4, 0.5) is 0 Å². The summed E-state index contributed by atoms with van der Waals surface area (Å²) in [5, 5.41) is 11.7. The second-order valence-corrected chi connectivity index (χ2v) is 5.98. The number of methoxy groups -OCH3 is 1. The summed E-state index contributed by atoms with van der Waals surface area (Å²) < 4.78 is 10.8. The van der Waals surface area contributed by atoms with Gasteiger partial charge in [0.15, 0.2) is 0 Å². The number of ether oxygens (including phenoxy) is 2. The van der Waals surface area contributed by atoms with E-state index in [1.54, 1.807) is 49.6 Å². The molecule has 0 heterocycles. The minimum atomic E-state index is -1.25. The van der Waals surface area contributed by atoms with Gasteiger partial charge in [0.2, 0.25) is 0 Å². The lowest BCUT2D eigenvalue weighted by molar-refractivity contribution is -0.0149. The van der Waals surface area contributed by atoms with Crippen molar-refractivity contribution in [3.05, 3.63) is 58.1 Å². The lowest BCUT2D eigenvalue weighted by Gasteiger charge is -2.28. The molecule has 4 nitrogen and oxygen atoms in total. The smallest absolute Gasteiger partial charge is 0.125 e. The average Bonchev–Trinajstić information content (AvgIpc) is 2.56. The largest absolute Gasteiger partial charge is 0.497 e. The van der Waals surface area contributed by atoms with Gasteiger partial charge in [-0.2, -0.15) is 0 Å². The molecule has 0 aliphatic rings. The Bertz CT molecular complexity index is 649. The second kappa shape index (κ2) is 7.88. The van der Waals surface area contributed by atoms with Crippen molar-refractivity contribution in [1.82, 2.24) is 0 Å². The van der Waals surface area contributed by atoms with E-state index in [-0.39, 0.29) is 6.61 Å². The SMILES string of the molecule is COc1ccc(OC[C@](O)(CCN)c2ccc(Cl)c(Cl)c2)cc1. The monoisotopic (exact) mass is 355 g/mol. The highest BCUT2D eigenvalue weighted by Gasteiger charge is 2.30. The summed E-state index contributed by atoms with van der Waals surface area (Å²) in [4.78, 5) is 0. The van der Waals surface area contributed by atoms with Crippen LogP contribution in [-0.4, -0.2) is 25.4 Å². The highest BCUT2D eigenvalue weighted by molar-refractivity contribution is 6.42. The summed E-state index contributed by atoms with van der Waals surface area (Å²) in [6.07, 6.45) is 0.334. The van der Waals surface area contributed by atoms with Crippen LogP contribution >= 0.6 is 23.2 Å². The van der Waals surface area contributed by atoms with Gasteiger partial charge in [0.25, 0.3) is 0 Å². The Morgan fingerprint density at radius 3 is 2.26 bits per heavy atom. The van der Waals surface area contributed by atoms with E-state index in [9.17, 15) is 5.11 Å². The van der Waals surface area contributed by atoms with Crippen molar-refractivity contribution in [2.75, 3.05) is 20.3 Å². The van der Waals surface area contributed by atoms with Gasteiger partial charge < -0.3 is 20.3 Å². The molecule has 124 valence electrons. The molecule has 0 amide bonds. The molecule has 0 unspecified atom stereocenters. The molecule has 0 saturated heterocycles. The van der Waals surface area contributed by atoms with E-state index in [0.29, 0.717) is 34.3 Å². The summed E-state index contributed by atoms with van der Waals surface area (Å²) in [6, 6.07) is 12.1. The lowest BCUT2D eigenvalue weighted by Crippen LogP contribution is -2.35. The molecule has 0 aliphatic carbocycles. The third-order valence-electron chi connectivity index (χ3n) is 3.55. The first-order valence-electron chi connectivity index (χ1n) is 7.13. The van der Waals surface area contributed by atoms with E-state index in [2.05, 4.69) is 0 Å². The Hall–Kier alpha value is -1.46. The molecule has 0 radical (unpaired) electrons. The third-order valence-corrected chi connectivity index (χ3v) is 4.29. The molecule has 0 fully saturated rings. The Balaban J connectivity index is 2.17. The summed E-state index contributed by atoms with van der Waals surface area (Å²) >= 11 is 12.0. The molecule has 6 heteroatoms. The molecule has 1 atom stereocenters. The Morgan fingerprint density at radius 2 is 1.70 bits per heavy atom. The molecule has 0 bridgehead atoms. The van der Waals surface area contributed by atoms with E-state index < -0.39 is 5.60 Å². The van der Waals surface area contributed by atoms with Crippen molar-refractivity contribution in [1.29, 1.82) is 0 Å². The standard InChI is InChI=1S/C17H19Cl2NO3/c1-22-13-3-5-14(6-4-13)23-11-17(21,8-9-20)12-2-7-15(18)16(19)10-12/h2-7,10,21H,8-9,11,20H2,1H3/t17-/m1/s1. The number of aliphatic hydroxyl groups is 1. The van der Waals surface area contributed by atoms with Crippen LogP contribution < -0.4 is 15.2 Å². The van der Waals surface area contributed by atoms with Gasteiger partial charge in [-0.1, -0.05) is 29.3 Å². The molecular weight excluding hydrogens is 337 g/mol. The maximum Gasteiger partial charge on any atom is 0.125 e. The van der Waals surface area contributed by atoms with Crippen LogP contribution in [0.5, 0.6) is 11.5 Å². The van der Waals surface area contributed by atoms with Crippen LogP contribution in [0.2, 0.25) is 10.0 Å². The molecule has 23 heavy (non-hydrogen) atoms. The van der Waals surface area contributed by atoms with Gasteiger partial charge in [0, 0.05) is 0 Å². The van der Waals surface area contributed by atoms with Gasteiger partial charge in [0.05, 0.1) is 17.2 Å². The number of rotatable bonds is 7. The first-order valence-corrected chi connectivity index (χ1v) is 7.89. The lowest BCUT2D eigenvalue weighted by atomic mass is 9.91. The molecule has 2 rings (SSSR count). The normalized spacial score (nSPS) is 13.4. The predicted molar refractivity (Wildman–Crippen MR) is 92.5 cm³/mol. The van der Waals surface area contributed by atoms with Gasteiger partial charge in [-0.05, 0) is 54.9 Å². The fraction of sp³-hybridized carbons (Fsp3) is 0.294. The van der Waals surface area contributed by atoms with Crippen LogP contribution in [0.15, 0.2) is 42.5 Å². The zero-order valence-corrected chi connectivity index (χ0v) is 14.3. The Morgan fingerprint density at radius 1 is 1.04 bits per heavy atom. The minimum absolute atomic E-state index is 0.0501. The quantitative estimate of drug-likeness (QED) is 0.795. The van der Waals surface area contributed by atoms with Crippen molar-refractivity contribution >= 4 is 23.2 Å². The van der Waals surface area contributed by atoms with Crippen LogP contribution in [0.3, 0.4) is 0 Å². The van der Waals surface area contributed by atoms with Crippen molar-refractivity contribution in [2.24, 2.45) is 5.73 Å². The Labute approximate surface area is 145 Å². The van der Waals surface area contributed by atoms with Gasteiger partial charge in [0.1, 0.15) is 23.7 Å². The highest BCUT2D eigenvalue weighted by atomic mass is 35.5. The Kier molecular flexibility index (Phi) is 6.13. The average molecular weight is 356 g/mol. The molecule has 0 spiro atoms. The van der Waals surface area contributed by atoms with Crippen LogP contribution in [-0.2, 0) is 5.60 Å². The molecule has 0 aromatic heterocycles. The highest BCUT2D eigenvalue weighted by Crippen LogP contribution is 2.31. The predicted octanol–water partition coefficient (Wildman–Crippen LogP) is 3.62. The molecule has 0 saturated carbocycles. The summed E-state index contributed by atoms with van der Waals surface area (Å²) in [5.74, 6) is 1.36. The molecule has 2 aromatic rings. The summed E-state index contributed by atoms with van der Waals surface area (Å²) in [6.45, 7) is 0.358. The number of benzene rings is 2. The first-order chi connectivity index (χ1) is 11.0. The number of halogens is 2. The van der Waals surface area contributed by atoms with E-state index in [1.165, 1.54) is 0 Å². The second-order valence-electron chi connectivity index (χ2n) is 5.16. The zero-order chi connectivity index (χ0) is 16.9. The summed E-state index contributed by atoms with van der Waals surface area (Å²) in [5.41, 5.74) is 5.01. The first kappa shape index (κ1) is 17.9. The third kappa shape index (κ3) is 4.52. The molecule has 0 aliphatic heterocycles. The van der Waals surface area contributed by atoms with Crippen molar-refractivity contribution < 1.29 is 14.6 Å². The fourth-order valence-electron chi connectivity index (χ4n) is 2.20. The van der Waals surface area contributed by atoms with Crippen LogP contribution in [0, 0.1) is 0 Å². The number of nitrogens with two attached hydrogens (primary N) is 1. The maximum atomic E-state index is 10.9. The van der Waals surface area contributed by atoms with Crippen LogP contribution in [0.25, 0.3) is 0 Å². The van der Waals surface area contributed by atoms with Crippen molar-refractivity contribution in [3.8, 4) is 11.5 Å². The molecule has 3 N–H and O–H groups in total. The van der Waals surface area contributed by atoms with E-state index in [0.717, 1.165) is 5.75 Å². The number of hydrogen-bond donors (Lipinski definition) is 2. The van der Waals surface area contributed by atoms with Crippen molar-refractivity contribution in [2.45, 2.75) is 12.0 Å². The molecular formula is C17H19Cl2NO3.